The number of para-hydroxylation sites is 2. The van der Waals surface area contributed by atoms with E-state index in [4.69, 9.17) is 0 Å². The zero-order valence-corrected chi connectivity index (χ0v) is 28.7. The average Bonchev–Trinajstić information content (AvgIpc) is 3.51. The Morgan fingerprint density at radius 1 is 0.604 bits per heavy atom. The van der Waals surface area contributed by atoms with E-state index in [1.165, 1.54) is 44.2 Å². The number of sulfone groups is 1. The molecule has 0 aliphatic carbocycles. The van der Waals surface area contributed by atoms with Crippen molar-refractivity contribution >= 4 is 83.4 Å². The van der Waals surface area contributed by atoms with Crippen molar-refractivity contribution in [3.63, 3.8) is 0 Å². The molecule has 0 spiro atoms. The summed E-state index contributed by atoms with van der Waals surface area (Å²) in [5, 5.41) is 8.53. The van der Waals surface area contributed by atoms with Gasteiger partial charge in [0.2, 0.25) is 0 Å². The molecule has 6 aromatic carbocycles. The van der Waals surface area contributed by atoms with Crippen LogP contribution in [-0.2, 0) is 30.4 Å². The van der Waals surface area contributed by atoms with E-state index in [-0.39, 0.29) is 15.8 Å². The van der Waals surface area contributed by atoms with Crippen LogP contribution in [0.15, 0.2) is 114 Å². The van der Waals surface area contributed by atoms with Gasteiger partial charge in [-0.2, -0.15) is 13.2 Å². The maximum absolute atomic E-state index is 12.8. The van der Waals surface area contributed by atoms with Gasteiger partial charge in [0.1, 0.15) is 0 Å². The fraction of sp³-hybridized carbons (Fsp3) is 0.158. The predicted octanol–water partition coefficient (Wildman–Crippen LogP) is 10.1. The Kier molecular flexibility index (Phi) is 9.11. The standard InChI is InChI=1S/C19H17N.C18H12F3NO2S.CH4.B.No/c1-3-13-8-10-15-14(12-13)9-11-17-16-6-4-5-7-18(16)20(2)19(15)17;1-22-16-5-3-2-4-14(16)15-8-6-11-10-12(7-9-13(11)17(15)22)25(23,24)18(19,20)21;;;/h4-12H,3H2,1-2H3;2-10H,1H3;1H4;;. The molecule has 0 saturated carbocycles. The molecule has 0 bridgehead atoms. The van der Waals surface area contributed by atoms with E-state index in [1.54, 1.807) is 6.07 Å². The van der Waals surface area contributed by atoms with Gasteiger partial charge >= 0.3 is 5.51 Å². The van der Waals surface area contributed by atoms with Gasteiger partial charge < -0.3 is 9.13 Å². The number of benzene rings is 6. The normalized spacial score (nSPS) is 11.7. The molecular weight excluding hydrogens is 875 g/mol. The Labute approximate surface area is 273 Å². The van der Waals surface area contributed by atoms with Gasteiger partial charge in [-0.25, -0.2) is 8.42 Å². The summed E-state index contributed by atoms with van der Waals surface area (Å²) >= 11 is 0. The van der Waals surface area contributed by atoms with Gasteiger partial charge in [-0.1, -0.05) is 99.3 Å². The van der Waals surface area contributed by atoms with E-state index >= 15 is 0 Å². The molecule has 4 nitrogen and oxygen atoms in total. The van der Waals surface area contributed by atoms with E-state index < -0.39 is 20.2 Å². The molecule has 0 unspecified atom stereocenters. The first-order valence-electron chi connectivity index (χ1n) is 14.6. The van der Waals surface area contributed by atoms with Gasteiger partial charge in [0.15, 0.2) is 0 Å². The van der Waals surface area contributed by atoms with Crippen LogP contribution in [0.5, 0.6) is 0 Å². The fourth-order valence-corrected chi connectivity index (χ4v) is 7.36. The molecule has 2 aromatic heterocycles. The molecule has 2 heterocycles. The molecule has 3 radical (unpaired) electrons. The largest absolute Gasteiger partial charge is 0.501 e. The van der Waals surface area contributed by atoms with E-state index in [1.807, 2.05) is 41.9 Å². The number of fused-ring (bicyclic) bond motifs is 10. The Balaban J connectivity index is 0.000000208. The van der Waals surface area contributed by atoms with Crippen LogP contribution < -0.4 is 0 Å². The minimum Gasteiger partial charge on any atom is -0.343 e. The Hall–Kier alpha value is -5.76. The van der Waals surface area contributed by atoms with Crippen LogP contribution in [0.1, 0.15) is 19.9 Å². The van der Waals surface area contributed by atoms with Crippen LogP contribution in [0, 0.1) is 0 Å². The zero-order chi connectivity index (χ0) is 31.7. The minimum atomic E-state index is -5.36. The first-order valence-corrected chi connectivity index (χ1v) is 16.1. The third-order valence-corrected chi connectivity index (χ3v) is 10.3. The molecule has 0 aliphatic rings. The molecule has 8 rings (SSSR count). The van der Waals surface area contributed by atoms with Crippen LogP contribution in [0.2, 0.25) is 0 Å². The number of hydrogen-bond acceptors (Lipinski definition) is 2. The second kappa shape index (κ2) is 12.5. The molecule has 10 heteroatoms. The molecule has 0 fully saturated rings. The second-order valence-electron chi connectivity index (χ2n) is 11.3. The molecule has 0 aliphatic heterocycles. The van der Waals surface area contributed by atoms with Gasteiger partial charge in [0, 0.05) is 65.9 Å². The number of alkyl halides is 3. The molecule has 0 saturated heterocycles. The summed E-state index contributed by atoms with van der Waals surface area (Å²) in [7, 11) is -1.32. The number of aromatic nitrogens is 2. The van der Waals surface area contributed by atoms with Crippen molar-refractivity contribution in [2.75, 3.05) is 0 Å². The number of aryl methyl sites for hydroxylation is 3. The number of rotatable bonds is 2. The summed E-state index contributed by atoms with van der Waals surface area (Å²) in [6.45, 7) is 2.20. The smallest absolute Gasteiger partial charge is 0.343 e. The van der Waals surface area contributed by atoms with E-state index in [0.29, 0.717) is 10.8 Å². The molecule has 48 heavy (non-hydrogen) atoms. The van der Waals surface area contributed by atoms with Gasteiger partial charge in [0.05, 0.1) is 15.9 Å². The van der Waals surface area contributed by atoms with Crippen LogP contribution in [0.4, 0.5) is 13.2 Å². The van der Waals surface area contributed by atoms with Crippen LogP contribution in [0.3, 0.4) is 0 Å². The number of halogens is 3. The molecule has 0 N–H and O–H groups in total. The Bertz CT molecular complexity index is 2570. The summed E-state index contributed by atoms with van der Waals surface area (Å²) in [5.41, 5.74) is 0.577. The van der Waals surface area contributed by atoms with Gasteiger partial charge in [-0.05, 0) is 47.0 Å². The molecular formula is C38H33BF3N2NoO2S. The van der Waals surface area contributed by atoms with Crippen molar-refractivity contribution in [2.24, 2.45) is 14.1 Å². The summed E-state index contributed by atoms with van der Waals surface area (Å²) in [4.78, 5) is -0.745. The van der Waals surface area contributed by atoms with E-state index in [9.17, 15) is 21.6 Å². The quantitative estimate of drug-likeness (QED) is 0.162. The summed E-state index contributed by atoms with van der Waals surface area (Å²) in [5.74, 6) is 0. The Morgan fingerprint density at radius 2 is 1.04 bits per heavy atom. The van der Waals surface area contributed by atoms with Gasteiger partial charge in [-0.3, -0.25) is 0 Å². The second-order valence-corrected chi connectivity index (χ2v) is 13.3. The van der Waals surface area contributed by atoms with Gasteiger partial charge in [0.25, 0.3) is 9.84 Å². The number of hydrogen-bond donors (Lipinski definition) is 0. The summed E-state index contributed by atoms with van der Waals surface area (Å²) in [6, 6.07) is 34.8. The molecule has 8 aromatic rings. The third-order valence-electron chi connectivity index (χ3n) is 8.82. The van der Waals surface area contributed by atoms with Crippen molar-refractivity contribution in [3.05, 3.63) is 115 Å². The minimum absolute atomic E-state index is 0. The molecule has 0 atom stereocenters. The van der Waals surface area contributed by atoms with Crippen molar-refractivity contribution in [1.82, 2.24) is 9.13 Å². The predicted molar refractivity (Wildman–Crippen MR) is 191 cm³/mol. The maximum atomic E-state index is 12.8. The zero-order valence-electron chi connectivity index (χ0n) is 25.7. The van der Waals surface area contributed by atoms with Crippen LogP contribution in [-0.4, -0.2) is 31.5 Å². The first-order chi connectivity index (χ1) is 21.5. The SMILES string of the molecule is C.CCc1ccc2c(ccc3c4ccccc4n(C)c23)c1.Cn1c2ccccc2c2ccc3cc(S(=O)(=O)C(F)(F)F)ccc3c21.[B].[No]. The van der Waals surface area contributed by atoms with Crippen molar-refractivity contribution in [2.45, 2.75) is 31.2 Å². The van der Waals surface area contributed by atoms with Crippen LogP contribution in [0.25, 0.3) is 65.2 Å². The summed E-state index contributed by atoms with van der Waals surface area (Å²) in [6.07, 6.45) is 1.09. The maximum Gasteiger partial charge on any atom is 0.501 e. The van der Waals surface area contributed by atoms with Crippen molar-refractivity contribution in [3.8, 4) is 0 Å². The number of nitrogens with zero attached hydrogens (tertiary/aromatic N) is 2. The fourth-order valence-electron chi connectivity index (χ4n) is 6.56. The molecule has 0 amide bonds. The van der Waals surface area contributed by atoms with Crippen LogP contribution >= 0.6 is 0 Å². The van der Waals surface area contributed by atoms with Gasteiger partial charge in [-0.15, -0.1) is 0 Å². The molecule has 251 valence electrons. The monoisotopic (exact) mass is 908 g/mol. The first kappa shape index (κ1) is 35.1. The van der Waals surface area contributed by atoms with E-state index in [2.05, 4.69) is 73.1 Å². The third kappa shape index (κ3) is 5.19. The van der Waals surface area contributed by atoms with Crippen molar-refractivity contribution in [1.29, 1.82) is 0 Å². The summed E-state index contributed by atoms with van der Waals surface area (Å²) < 4.78 is 65.9. The van der Waals surface area contributed by atoms with E-state index in [0.717, 1.165) is 40.4 Å². The average molecular weight is 909 g/mol. The van der Waals surface area contributed by atoms with Crippen molar-refractivity contribution < 1.29 is 21.6 Å². The Morgan fingerprint density at radius 3 is 1.52 bits per heavy atom. The topological polar surface area (TPSA) is 44.0 Å².